The van der Waals surface area contributed by atoms with E-state index < -0.39 is 0 Å². The number of fused-ring (bicyclic) bond motifs is 1. The number of nitrogens with one attached hydrogen (secondary N) is 2. The Morgan fingerprint density at radius 2 is 1.67 bits per heavy atom. The van der Waals surface area contributed by atoms with Crippen LogP contribution < -0.4 is 20.1 Å². The lowest BCUT2D eigenvalue weighted by molar-refractivity contribution is 0.158. The molecule has 0 unspecified atom stereocenters. The maximum absolute atomic E-state index is 5.41. The molecule has 1 aromatic heterocycles. The van der Waals surface area contributed by atoms with E-state index in [0.29, 0.717) is 12.5 Å². The Balaban J connectivity index is 1.38. The Kier molecular flexibility index (Phi) is 7.80. The second kappa shape index (κ2) is 11.2. The fraction of sp³-hybridized carbons (Fsp3) is 0.440. The minimum Gasteiger partial charge on any atom is -0.493 e. The van der Waals surface area contributed by atoms with Gasteiger partial charge in [0.1, 0.15) is 5.82 Å². The summed E-state index contributed by atoms with van der Waals surface area (Å²) in [5.74, 6) is 2.99. The highest BCUT2D eigenvalue weighted by atomic mass is 16.5. The molecule has 2 aromatic carbocycles. The molecule has 0 spiro atoms. The van der Waals surface area contributed by atoms with Crippen LogP contribution in [0.5, 0.6) is 11.5 Å². The van der Waals surface area contributed by atoms with Gasteiger partial charge in [-0.1, -0.05) is 18.2 Å². The average Bonchev–Trinajstić information content (AvgIpc) is 2.85. The third-order valence-corrected chi connectivity index (χ3v) is 6.06. The van der Waals surface area contributed by atoms with Crippen LogP contribution in [-0.4, -0.2) is 86.8 Å². The molecule has 0 amide bonds. The average molecular weight is 451 g/mol. The van der Waals surface area contributed by atoms with E-state index in [-0.39, 0.29) is 0 Å². The van der Waals surface area contributed by atoms with Crippen molar-refractivity contribution in [3.8, 4) is 11.5 Å². The molecule has 0 saturated carbocycles. The van der Waals surface area contributed by atoms with E-state index in [4.69, 9.17) is 19.4 Å². The maximum Gasteiger partial charge on any atom is 0.225 e. The number of ether oxygens (including phenoxy) is 2. The van der Waals surface area contributed by atoms with Gasteiger partial charge in [0.05, 0.1) is 19.7 Å². The van der Waals surface area contributed by atoms with Gasteiger partial charge >= 0.3 is 0 Å². The topological polar surface area (TPSA) is 74.8 Å². The fourth-order valence-electron chi connectivity index (χ4n) is 4.05. The summed E-state index contributed by atoms with van der Waals surface area (Å²) < 4.78 is 10.7. The molecular weight excluding hydrogens is 416 g/mol. The zero-order chi connectivity index (χ0) is 23.0. The van der Waals surface area contributed by atoms with Crippen molar-refractivity contribution in [1.82, 2.24) is 19.8 Å². The van der Waals surface area contributed by atoms with E-state index >= 15 is 0 Å². The van der Waals surface area contributed by atoms with Gasteiger partial charge in [-0.05, 0) is 43.3 Å². The van der Waals surface area contributed by atoms with Crippen LogP contribution in [0.4, 0.5) is 11.8 Å². The van der Waals surface area contributed by atoms with Crippen molar-refractivity contribution in [2.45, 2.75) is 6.42 Å². The van der Waals surface area contributed by atoms with Crippen molar-refractivity contribution in [3.05, 3.63) is 48.0 Å². The van der Waals surface area contributed by atoms with Crippen molar-refractivity contribution in [1.29, 1.82) is 0 Å². The standard InChI is InChI=1S/C25H34N6O2/c1-30-14-16-31(17-15-30)13-12-26-24-20-6-4-5-7-21(20)28-25(29-24)27-11-10-19-8-9-22(32-2)23(18-19)33-3/h4-9,18H,10-17H2,1-3H3,(H2,26,27,28,29). The Labute approximate surface area is 195 Å². The number of hydrogen-bond donors (Lipinski definition) is 2. The maximum atomic E-state index is 5.41. The van der Waals surface area contributed by atoms with Gasteiger partial charge in [-0.25, -0.2) is 4.98 Å². The third-order valence-electron chi connectivity index (χ3n) is 6.06. The molecule has 4 rings (SSSR count). The highest BCUT2D eigenvalue weighted by Gasteiger charge is 2.14. The van der Waals surface area contributed by atoms with Crippen LogP contribution in [0.15, 0.2) is 42.5 Å². The summed E-state index contributed by atoms with van der Waals surface area (Å²) in [6.07, 6.45) is 0.822. The van der Waals surface area contributed by atoms with E-state index in [1.807, 2.05) is 30.3 Å². The normalized spacial score (nSPS) is 14.9. The first-order valence-electron chi connectivity index (χ1n) is 11.5. The van der Waals surface area contributed by atoms with Crippen LogP contribution in [0, 0.1) is 0 Å². The minimum absolute atomic E-state index is 0.635. The zero-order valence-electron chi connectivity index (χ0n) is 19.8. The van der Waals surface area contributed by atoms with Gasteiger partial charge in [-0.3, -0.25) is 4.90 Å². The van der Waals surface area contributed by atoms with Gasteiger partial charge < -0.3 is 25.0 Å². The lowest BCUT2D eigenvalue weighted by Crippen LogP contribution is -2.45. The number of methoxy groups -OCH3 is 2. The van der Waals surface area contributed by atoms with Gasteiger partial charge in [-0.2, -0.15) is 4.98 Å². The molecule has 1 saturated heterocycles. The molecule has 1 fully saturated rings. The summed E-state index contributed by atoms with van der Waals surface area (Å²) in [6, 6.07) is 14.1. The van der Waals surface area contributed by atoms with E-state index in [2.05, 4.69) is 39.6 Å². The van der Waals surface area contributed by atoms with Crippen molar-refractivity contribution < 1.29 is 9.47 Å². The van der Waals surface area contributed by atoms with Gasteiger partial charge in [0.2, 0.25) is 5.95 Å². The molecule has 8 heteroatoms. The lowest BCUT2D eigenvalue weighted by atomic mass is 10.1. The van der Waals surface area contributed by atoms with E-state index in [1.165, 1.54) is 0 Å². The summed E-state index contributed by atoms with van der Waals surface area (Å²) in [7, 11) is 5.48. The Bertz CT molecular complexity index is 1050. The highest BCUT2D eigenvalue weighted by molar-refractivity contribution is 5.90. The first kappa shape index (κ1) is 23.1. The van der Waals surface area contributed by atoms with Gasteiger partial charge in [0, 0.05) is 51.2 Å². The quantitative estimate of drug-likeness (QED) is 0.488. The number of rotatable bonds is 10. The number of aromatic nitrogens is 2. The third kappa shape index (κ3) is 6.03. The number of piperazine rings is 1. The summed E-state index contributed by atoms with van der Waals surface area (Å²) >= 11 is 0. The van der Waals surface area contributed by atoms with Crippen molar-refractivity contribution in [2.75, 3.05) is 77.7 Å². The summed E-state index contributed by atoms with van der Waals surface area (Å²) in [4.78, 5) is 14.4. The molecule has 0 radical (unpaired) electrons. The molecule has 0 atom stereocenters. The molecule has 8 nitrogen and oxygen atoms in total. The Hall–Kier alpha value is -3.10. The molecule has 1 aliphatic rings. The molecule has 2 heterocycles. The molecule has 1 aliphatic heterocycles. The lowest BCUT2D eigenvalue weighted by Gasteiger charge is -2.32. The predicted octanol–water partition coefficient (Wildman–Crippen LogP) is 2.96. The number of nitrogens with zero attached hydrogens (tertiary/aromatic N) is 4. The predicted molar refractivity (Wildman–Crippen MR) is 134 cm³/mol. The zero-order valence-corrected chi connectivity index (χ0v) is 19.8. The van der Waals surface area contributed by atoms with Crippen LogP contribution >= 0.6 is 0 Å². The van der Waals surface area contributed by atoms with Gasteiger partial charge in [0.25, 0.3) is 0 Å². The van der Waals surface area contributed by atoms with E-state index in [1.54, 1.807) is 14.2 Å². The molecule has 33 heavy (non-hydrogen) atoms. The SMILES string of the molecule is COc1ccc(CCNc2nc(NCCN3CCN(C)CC3)c3ccccc3n2)cc1OC. The van der Waals surface area contributed by atoms with Crippen molar-refractivity contribution in [3.63, 3.8) is 0 Å². The van der Waals surface area contributed by atoms with Crippen LogP contribution in [0.25, 0.3) is 10.9 Å². The summed E-state index contributed by atoms with van der Waals surface area (Å²) in [6.45, 7) is 7.07. The Morgan fingerprint density at radius 1 is 0.879 bits per heavy atom. The van der Waals surface area contributed by atoms with Crippen LogP contribution in [0.2, 0.25) is 0 Å². The molecule has 3 aromatic rings. The van der Waals surface area contributed by atoms with E-state index in [9.17, 15) is 0 Å². The molecule has 2 N–H and O–H groups in total. The summed E-state index contributed by atoms with van der Waals surface area (Å²) in [5.41, 5.74) is 2.09. The van der Waals surface area contributed by atoms with Gasteiger partial charge in [-0.15, -0.1) is 0 Å². The molecular formula is C25H34N6O2. The number of hydrogen-bond acceptors (Lipinski definition) is 8. The monoisotopic (exact) mass is 450 g/mol. The van der Waals surface area contributed by atoms with Crippen LogP contribution in [-0.2, 0) is 6.42 Å². The van der Waals surface area contributed by atoms with Crippen molar-refractivity contribution >= 4 is 22.7 Å². The van der Waals surface area contributed by atoms with Crippen molar-refractivity contribution in [2.24, 2.45) is 0 Å². The highest BCUT2D eigenvalue weighted by Crippen LogP contribution is 2.28. The molecule has 0 aliphatic carbocycles. The van der Waals surface area contributed by atoms with E-state index in [0.717, 1.165) is 79.5 Å². The second-order valence-corrected chi connectivity index (χ2v) is 8.35. The Morgan fingerprint density at radius 3 is 2.45 bits per heavy atom. The minimum atomic E-state index is 0.635. The first-order valence-corrected chi connectivity index (χ1v) is 11.5. The molecule has 0 bridgehead atoms. The first-order chi connectivity index (χ1) is 16.2. The molecule has 176 valence electrons. The second-order valence-electron chi connectivity index (χ2n) is 8.35. The smallest absolute Gasteiger partial charge is 0.225 e. The fourth-order valence-corrected chi connectivity index (χ4v) is 4.05. The van der Waals surface area contributed by atoms with Crippen LogP contribution in [0.1, 0.15) is 5.56 Å². The number of anilines is 2. The number of benzene rings is 2. The number of para-hydroxylation sites is 1. The van der Waals surface area contributed by atoms with Crippen LogP contribution in [0.3, 0.4) is 0 Å². The van der Waals surface area contributed by atoms with Gasteiger partial charge in [0.15, 0.2) is 11.5 Å². The number of likely N-dealkylation sites (N-methyl/N-ethyl adjacent to an activating group) is 1. The largest absolute Gasteiger partial charge is 0.493 e. The summed E-state index contributed by atoms with van der Waals surface area (Å²) in [5, 5.41) is 7.97.